The number of fused-ring (bicyclic) bond motifs is 1. The fourth-order valence-electron chi connectivity index (χ4n) is 2.91. The van der Waals surface area contributed by atoms with Gasteiger partial charge in [0, 0.05) is 46.5 Å². The molecule has 0 bridgehead atoms. The summed E-state index contributed by atoms with van der Waals surface area (Å²) in [7, 11) is 3.91. The summed E-state index contributed by atoms with van der Waals surface area (Å²) in [6.07, 6.45) is 3.48. The van der Waals surface area contributed by atoms with E-state index in [-0.39, 0.29) is 0 Å². The summed E-state index contributed by atoms with van der Waals surface area (Å²) in [6, 6.07) is 4.08. The van der Waals surface area contributed by atoms with Gasteiger partial charge in [0.2, 0.25) is 5.95 Å². The third-order valence-corrected chi connectivity index (χ3v) is 4.99. The van der Waals surface area contributed by atoms with Gasteiger partial charge in [0.05, 0.1) is 5.39 Å². The number of anilines is 3. The molecule has 0 spiro atoms. The SMILES string of the molecule is CN(C)c1nccc(N2CCN(c3ncnc4sccc34)CC2)n1. The van der Waals surface area contributed by atoms with E-state index in [1.807, 2.05) is 31.3 Å². The largest absolute Gasteiger partial charge is 0.353 e. The second-order valence-corrected chi connectivity index (χ2v) is 6.81. The zero-order valence-electron chi connectivity index (χ0n) is 13.8. The minimum absolute atomic E-state index is 0.741. The molecule has 0 radical (unpaired) electrons. The van der Waals surface area contributed by atoms with E-state index in [2.05, 4.69) is 41.2 Å². The van der Waals surface area contributed by atoms with Crippen LogP contribution in [-0.4, -0.2) is 60.2 Å². The van der Waals surface area contributed by atoms with Gasteiger partial charge >= 0.3 is 0 Å². The first-order valence-electron chi connectivity index (χ1n) is 7.91. The highest BCUT2D eigenvalue weighted by Gasteiger charge is 2.21. The second kappa shape index (κ2) is 6.20. The monoisotopic (exact) mass is 341 g/mol. The summed E-state index contributed by atoms with van der Waals surface area (Å²) in [6.45, 7) is 3.67. The van der Waals surface area contributed by atoms with Gasteiger partial charge in [-0.3, -0.25) is 0 Å². The Kier molecular flexibility index (Phi) is 3.89. The summed E-state index contributed by atoms with van der Waals surface area (Å²) in [5.74, 6) is 2.76. The van der Waals surface area contributed by atoms with Crippen molar-refractivity contribution in [3.8, 4) is 0 Å². The van der Waals surface area contributed by atoms with Crippen LogP contribution in [-0.2, 0) is 0 Å². The zero-order valence-corrected chi connectivity index (χ0v) is 14.6. The van der Waals surface area contributed by atoms with E-state index in [1.165, 1.54) is 0 Å². The molecule has 0 amide bonds. The van der Waals surface area contributed by atoms with Crippen molar-refractivity contribution in [2.75, 3.05) is 55.0 Å². The lowest BCUT2D eigenvalue weighted by Gasteiger charge is -2.36. The molecule has 7 nitrogen and oxygen atoms in total. The van der Waals surface area contributed by atoms with Crippen molar-refractivity contribution < 1.29 is 0 Å². The van der Waals surface area contributed by atoms with Crippen LogP contribution in [0.25, 0.3) is 10.2 Å². The van der Waals surface area contributed by atoms with Gasteiger partial charge in [-0.05, 0) is 17.5 Å². The first-order valence-corrected chi connectivity index (χ1v) is 8.79. The Morgan fingerprint density at radius 2 is 1.79 bits per heavy atom. The third kappa shape index (κ3) is 2.73. The first kappa shape index (κ1) is 15.1. The van der Waals surface area contributed by atoms with Gasteiger partial charge in [0.15, 0.2) is 0 Å². The fraction of sp³-hybridized carbons (Fsp3) is 0.375. The molecule has 3 aromatic heterocycles. The van der Waals surface area contributed by atoms with E-state index in [9.17, 15) is 0 Å². The minimum Gasteiger partial charge on any atom is -0.353 e. The quantitative estimate of drug-likeness (QED) is 0.721. The number of nitrogens with zero attached hydrogens (tertiary/aromatic N) is 7. The Hall–Kier alpha value is -2.48. The molecular weight excluding hydrogens is 322 g/mol. The maximum atomic E-state index is 4.63. The summed E-state index contributed by atoms with van der Waals surface area (Å²) < 4.78 is 0. The van der Waals surface area contributed by atoms with Crippen LogP contribution in [0.2, 0.25) is 0 Å². The second-order valence-electron chi connectivity index (χ2n) is 5.92. The smallest absolute Gasteiger partial charge is 0.226 e. The highest BCUT2D eigenvalue weighted by atomic mass is 32.1. The van der Waals surface area contributed by atoms with Crippen LogP contribution in [0.5, 0.6) is 0 Å². The predicted octanol–water partition coefficient (Wildman–Crippen LogP) is 1.87. The van der Waals surface area contributed by atoms with Crippen LogP contribution in [0.4, 0.5) is 17.6 Å². The summed E-state index contributed by atoms with van der Waals surface area (Å²) in [4.78, 5) is 25.4. The molecule has 0 aliphatic carbocycles. The van der Waals surface area contributed by atoms with Gasteiger partial charge in [0.1, 0.15) is 22.8 Å². The van der Waals surface area contributed by atoms with Crippen LogP contribution >= 0.6 is 11.3 Å². The van der Waals surface area contributed by atoms with Crippen molar-refractivity contribution in [3.63, 3.8) is 0 Å². The fourth-order valence-corrected chi connectivity index (χ4v) is 3.63. The highest BCUT2D eigenvalue weighted by molar-refractivity contribution is 7.16. The number of piperazine rings is 1. The van der Waals surface area contributed by atoms with E-state index in [0.717, 1.165) is 54.0 Å². The molecule has 4 rings (SSSR count). The Morgan fingerprint density at radius 1 is 1.00 bits per heavy atom. The Balaban J connectivity index is 1.51. The molecule has 1 fully saturated rings. The van der Waals surface area contributed by atoms with Gasteiger partial charge in [-0.1, -0.05) is 0 Å². The summed E-state index contributed by atoms with van der Waals surface area (Å²) >= 11 is 1.66. The number of aromatic nitrogens is 4. The van der Waals surface area contributed by atoms with E-state index in [4.69, 9.17) is 0 Å². The molecule has 24 heavy (non-hydrogen) atoms. The van der Waals surface area contributed by atoms with Crippen LogP contribution < -0.4 is 14.7 Å². The average molecular weight is 341 g/mol. The zero-order chi connectivity index (χ0) is 16.5. The van der Waals surface area contributed by atoms with Crippen LogP contribution in [0.15, 0.2) is 30.0 Å². The van der Waals surface area contributed by atoms with Crippen molar-refractivity contribution in [1.29, 1.82) is 0 Å². The number of hydrogen-bond acceptors (Lipinski definition) is 8. The number of rotatable bonds is 3. The Bertz CT molecular complexity index is 839. The van der Waals surface area contributed by atoms with E-state index in [0.29, 0.717) is 0 Å². The summed E-state index contributed by atoms with van der Waals surface area (Å²) in [5, 5.41) is 3.22. The number of hydrogen-bond donors (Lipinski definition) is 0. The lowest BCUT2D eigenvalue weighted by atomic mass is 10.2. The highest BCUT2D eigenvalue weighted by Crippen LogP contribution is 2.28. The maximum absolute atomic E-state index is 4.63. The van der Waals surface area contributed by atoms with Gasteiger partial charge in [-0.2, -0.15) is 4.98 Å². The summed E-state index contributed by atoms with van der Waals surface area (Å²) in [5.41, 5.74) is 0. The lowest BCUT2D eigenvalue weighted by molar-refractivity contribution is 0.642. The molecule has 1 aliphatic rings. The molecule has 0 N–H and O–H groups in total. The van der Waals surface area contributed by atoms with Crippen molar-refractivity contribution in [1.82, 2.24) is 19.9 Å². The molecule has 0 aromatic carbocycles. The molecular formula is C16H19N7S. The van der Waals surface area contributed by atoms with Crippen molar-refractivity contribution >= 4 is 39.1 Å². The molecule has 124 valence electrons. The average Bonchev–Trinajstić information content (AvgIpc) is 3.11. The molecule has 8 heteroatoms. The molecule has 0 atom stereocenters. The Labute approximate surface area is 144 Å². The van der Waals surface area contributed by atoms with Crippen LogP contribution in [0.3, 0.4) is 0 Å². The van der Waals surface area contributed by atoms with Crippen molar-refractivity contribution in [2.24, 2.45) is 0 Å². The standard InChI is InChI=1S/C16H19N7S/c1-21(2)16-17-5-3-13(20-16)22-6-8-23(9-7-22)14-12-4-10-24-15(12)19-11-18-14/h3-5,10-11H,6-9H2,1-2H3. The maximum Gasteiger partial charge on any atom is 0.226 e. The van der Waals surface area contributed by atoms with Crippen molar-refractivity contribution in [3.05, 3.63) is 30.0 Å². The minimum atomic E-state index is 0.741. The number of thiophene rings is 1. The lowest BCUT2D eigenvalue weighted by Crippen LogP contribution is -2.47. The molecule has 0 unspecified atom stereocenters. The molecule has 1 saturated heterocycles. The van der Waals surface area contributed by atoms with Crippen LogP contribution in [0, 0.1) is 0 Å². The third-order valence-electron chi connectivity index (χ3n) is 4.17. The predicted molar refractivity (Wildman–Crippen MR) is 98.2 cm³/mol. The molecule has 1 aliphatic heterocycles. The van der Waals surface area contributed by atoms with E-state index < -0.39 is 0 Å². The van der Waals surface area contributed by atoms with Gasteiger partial charge < -0.3 is 14.7 Å². The van der Waals surface area contributed by atoms with Crippen LogP contribution in [0.1, 0.15) is 0 Å². The normalized spacial score (nSPS) is 15.1. The van der Waals surface area contributed by atoms with E-state index >= 15 is 0 Å². The molecule has 0 saturated carbocycles. The van der Waals surface area contributed by atoms with Gasteiger partial charge in [0.25, 0.3) is 0 Å². The van der Waals surface area contributed by atoms with E-state index in [1.54, 1.807) is 17.7 Å². The molecule has 4 heterocycles. The first-order chi connectivity index (χ1) is 11.7. The topological polar surface area (TPSA) is 61.3 Å². The molecule has 3 aromatic rings. The van der Waals surface area contributed by atoms with Gasteiger partial charge in [-0.15, -0.1) is 11.3 Å². The Morgan fingerprint density at radius 3 is 2.58 bits per heavy atom. The van der Waals surface area contributed by atoms with Crippen molar-refractivity contribution in [2.45, 2.75) is 0 Å². The van der Waals surface area contributed by atoms with Gasteiger partial charge in [-0.25, -0.2) is 15.0 Å².